The molecule has 4 nitrogen and oxygen atoms in total. The summed E-state index contributed by atoms with van der Waals surface area (Å²) in [5, 5.41) is 0. The number of carbonyl (C=O) groups is 1. The summed E-state index contributed by atoms with van der Waals surface area (Å²) in [6.45, 7) is 9.66. The van der Waals surface area contributed by atoms with Gasteiger partial charge in [-0.2, -0.15) is 0 Å². The van der Waals surface area contributed by atoms with Crippen LogP contribution in [-0.4, -0.2) is 31.4 Å². The van der Waals surface area contributed by atoms with Gasteiger partial charge in [0.05, 0.1) is 24.7 Å². The average molecular weight is 322 g/mol. The zero-order valence-electron chi connectivity index (χ0n) is 14.6. The Labute approximate surface area is 137 Å². The van der Waals surface area contributed by atoms with Gasteiger partial charge in [0.25, 0.3) is 0 Å². The average Bonchev–Trinajstić information content (AvgIpc) is 2.67. The molecule has 1 saturated heterocycles. The molecule has 1 aromatic carbocycles. The topological polar surface area (TPSA) is 44.8 Å². The zero-order valence-corrected chi connectivity index (χ0v) is 14.6. The predicted octanol–water partition coefficient (Wildman–Crippen LogP) is 3.41. The Morgan fingerprint density at radius 1 is 1.26 bits per heavy atom. The van der Waals surface area contributed by atoms with Crippen LogP contribution in [0, 0.1) is 12.7 Å². The normalized spacial score (nSPS) is 20.4. The molecule has 1 aromatic rings. The Hall–Kier alpha value is -1.40. The first-order chi connectivity index (χ1) is 10.6. The molecule has 0 aromatic heterocycles. The van der Waals surface area contributed by atoms with Crippen molar-refractivity contribution < 1.29 is 23.2 Å². The second-order valence-corrected chi connectivity index (χ2v) is 7.01. The van der Waals surface area contributed by atoms with Crippen molar-refractivity contribution >= 4 is 13.1 Å². The van der Waals surface area contributed by atoms with Crippen LogP contribution in [0.5, 0.6) is 0 Å². The second kappa shape index (κ2) is 6.25. The van der Waals surface area contributed by atoms with Crippen molar-refractivity contribution in [2.75, 3.05) is 7.11 Å². The lowest BCUT2D eigenvalue weighted by Gasteiger charge is -2.32. The minimum Gasteiger partial charge on any atom is -0.469 e. The minimum atomic E-state index is -0.639. The van der Waals surface area contributed by atoms with Gasteiger partial charge in [-0.05, 0) is 57.9 Å². The molecule has 1 heterocycles. The van der Waals surface area contributed by atoms with Crippen LogP contribution in [0.25, 0.3) is 0 Å². The number of carbonyl (C=O) groups excluding carboxylic acids is 1. The maximum Gasteiger partial charge on any atom is 0.466 e. The molecule has 0 amide bonds. The van der Waals surface area contributed by atoms with E-state index >= 15 is 0 Å². The molecule has 0 spiro atoms. The van der Waals surface area contributed by atoms with Gasteiger partial charge < -0.3 is 14.0 Å². The Kier molecular flexibility index (Phi) is 4.88. The smallest absolute Gasteiger partial charge is 0.466 e. The number of hydrogen-bond acceptors (Lipinski definition) is 4. The number of esters is 1. The predicted molar refractivity (Wildman–Crippen MR) is 86.6 cm³/mol. The van der Waals surface area contributed by atoms with Crippen LogP contribution in [0.3, 0.4) is 0 Å². The molecule has 1 fully saturated rings. The van der Waals surface area contributed by atoms with Crippen LogP contribution in [0.4, 0.5) is 4.39 Å². The van der Waals surface area contributed by atoms with E-state index in [1.54, 1.807) is 6.07 Å². The monoisotopic (exact) mass is 322 g/mol. The summed E-state index contributed by atoms with van der Waals surface area (Å²) >= 11 is 0. The van der Waals surface area contributed by atoms with Crippen LogP contribution < -0.4 is 0 Å². The lowest BCUT2D eigenvalue weighted by Crippen LogP contribution is -2.41. The van der Waals surface area contributed by atoms with E-state index in [1.165, 1.54) is 19.2 Å². The molecule has 6 heteroatoms. The van der Waals surface area contributed by atoms with Crippen molar-refractivity contribution in [2.24, 2.45) is 0 Å². The molecule has 2 rings (SSSR count). The van der Waals surface area contributed by atoms with Crippen LogP contribution in [0.1, 0.15) is 51.1 Å². The van der Waals surface area contributed by atoms with Gasteiger partial charge in [0.1, 0.15) is 5.82 Å². The summed E-state index contributed by atoms with van der Waals surface area (Å²) in [7, 11) is 0.696. The maximum absolute atomic E-state index is 13.7. The molecule has 23 heavy (non-hydrogen) atoms. The van der Waals surface area contributed by atoms with Crippen LogP contribution in [0.15, 0.2) is 18.2 Å². The summed E-state index contributed by atoms with van der Waals surface area (Å²) in [6, 6.07) is 4.53. The highest BCUT2D eigenvalue weighted by Gasteiger charge is 2.54. The van der Waals surface area contributed by atoms with E-state index in [0.717, 1.165) is 5.56 Å². The SMILES string of the molecule is COC(=O)CC(B1OC(C)(C)C(C)(C)O1)c1cc(F)ccc1C. The molecular formula is C17H24BFO4. The van der Waals surface area contributed by atoms with Crippen molar-refractivity contribution in [2.45, 2.75) is 58.1 Å². The molecule has 0 saturated carbocycles. The van der Waals surface area contributed by atoms with E-state index in [4.69, 9.17) is 14.0 Å². The highest BCUT2D eigenvalue weighted by Crippen LogP contribution is 2.42. The summed E-state index contributed by atoms with van der Waals surface area (Å²) in [5.74, 6) is -1.16. The number of rotatable bonds is 4. The molecule has 0 radical (unpaired) electrons. The summed E-state index contributed by atoms with van der Waals surface area (Å²) in [6.07, 6.45) is 0.0671. The first-order valence-electron chi connectivity index (χ1n) is 7.76. The standard InChI is InChI=1S/C17H24BFO4/c1-11-7-8-12(19)9-13(11)14(10-15(20)21-6)18-22-16(2,3)17(4,5)23-18/h7-9,14H,10H2,1-6H3. The molecule has 1 aliphatic rings. The number of halogens is 1. The van der Waals surface area contributed by atoms with E-state index < -0.39 is 24.1 Å². The fraction of sp³-hybridized carbons (Fsp3) is 0.588. The number of aryl methyl sites for hydroxylation is 1. The third-order valence-corrected chi connectivity index (χ3v) is 4.86. The Bertz CT molecular complexity index is 584. The molecule has 0 bridgehead atoms. The lowest BCUT2D eigenvalue weighted by molar-refractivity contribution is -0.140. The van der Waals surface area contributed by atoms with Crippen molar-refractivity contribution in [3.05, 3.63) is 35.1 Å². The Morgan fingerprint density at radius 3 is 2.35 bits per heavy atom. The van der Waals surface area contributed by atoms with Gasteiger partial charge in [0.2, 0.25) is 0 Å². The van der Waals surface area contributed by atoms with Gasteiger partial charge in [-0.15, -0.1) is 0 Å². The van der Waals surface area contributed by atoms with Gasteiger partial charge in [0, 0.05) is 5.82 Å². The van der Waals surface area contributed by atoms with Gasteiger partial charge >= 0.3 is 13.1 Å². The van der Waals surface area contributed by atoms with Gasteiger partial charge in [-0.3, -0.25) is 4.79 Å². The van der Waals surface area contributed by atoms with Gasteiger partial charge in [0.15, 0.2) is 0 Å². The van der Waals surface area contributed by atoms with E-state index in [2.05, 4.69) is 0 Å². The first-order valence-corrected chi connectivity index (χ1v) is 7.76. The molecule has 126 valence electrons. The third-order valence-electron chi connectivity index (χ3n) is 4.86. The lowest BCUT2D eigenvalue weighted by atomic mass is 9.65. The molecule has 1 atom stereocenters. The summed E-state index contributed by atoms with van der Waals surface area (Å²) in [5.41, 5.74) is 0.546. The van der Waals surface area contributed by atoms with Gasteiger partial charge in [-0.1, -0.05) is 6.07 Å². The zero-order chi connectivity index (χ0) is 17.4. The summed E-state index contributed by atoms with van der Waals surface area (Å²) < 4.78 is 30.6. The Morgan fingerprint density at radius 2 is 1.83 bits per heavy atom. The molecule has 1 aliphatic heterocycles. The first kappa shape index (κ1) is 18.0. The number of methoxy groups -OCH3 is 1. The molecule has 1 unspecified atom stereocenters. The summed E-state index contributed by atoms with van der Waals surface area (Å²) in [4.78, 5) is 11.8. The fourth-order valence-electron chi connectivity index (χ4n) is 2.68. The second-order valence-electron chi connectivity index (χ2n) is 7.01. The molecule has 0 aliphatic carbocycles. The van der Waals surface area contributed by atoms with Crippen LogP contribution in [-0.2, 0) is 18.8 Å². The maximum atomic E-state index is 13.7. The number of hydrogen-bond donors (Lipinski definition) is 0. The van der Waals surface area contributed by atoms with Crippen LogP contribution >= 0.6 is 0 Å². The minimum absolute atomic E-state index is 0.0671. The molecular weight excluding hydrogens is 298 g/mol. The largest absolute Gasteiger partial charge is 0.469 e. The highest BCUT2D eigenvalue weighted by molar-refractivity contribution is 6.48. The van der Waals surface area contributed by atoms with Crippen molar-refractivity contribution in [3.8, 4) is 0 Å². The van der Waals surface area contributed by atoms with Crippen LogP contribution in [0.2, 0.25) is 0 Å². The number of ether oxygens (including phenoxy) is 1. The number of benzene rings is 1. The van der Waals surface area contributed by atoms with Gasteiger partial charge in [-0.25, -0.2) is 4.39 Å². The van der Waals surface area contributed by atoms with Crippen molar-refractivity contribution in [1.82, 2.24) is 0 Å². The van der Waals surface area contributed by atoms with Crippen molar-refractivity contribution in [3.63, 3.8) is 0 Å². The van der Waals surface area contributed by atoms with E-state index in [9.17, 15) is 9.18 Å². The fourth-order valence-corrected chi connectivity index (χ4v) is 2.68. The Balaban J connectivity index is 2.40. The van der Waals surface area contributed by atoms with E-state index in [1.807, 2.05) is 34.6 Å². The highest BCUT2D eigenvalue weighted by atomic mass is 19.1. The van der Waals surface area contributed by atoms with E-state index in [0.29, 0.717) is 5.56 Å². The molecule has 0 N–H and O–H groups in total. The quantitative estimate of drug-likeness (QED) is 0.629. The third kappa shape index (κ3) is 3.58. The van der Waals surface area contributed by atoms with E-state index in [-0.39, 0.29) is 18.2 Å². The van der Waals surface area contributed by atoms with Crippen molar-refractivity contribution in [1.29, 1.82) is 0 Å².